The first-order valence-corrected chi connectivity index (χ1v) is 9.45. The molecule has 5 nitrogen and oxygen atoms in total. The van der Waals surface area contributed by atoms with Crippen molar-refractivity contribution in [3.8, 4) is 0 Å². The lowest BCUT2D eigenvalue weighted by atomic mass is 10.1. The monoisotopic (exact) mass is 384 g/mol. The van der Waals surface area contributed by atoms with E-state index < -0.39 is 0 Å². The zero-order valence-corrected chi connectivity index (χ0v) is 16.0. The fraction of sp³-hybridized carbons (Fsp3) is 0.125. The first kappa shape index (κ1) is 18.6. The van der Waals surface area contributed by atoms with Crippen molar-refractivity contribution in [2.24, 2.45) is 0 Å². The van der Waals surface area contributed by atoms with Crippen molar-refractivity contribution >= 4 is 23.4 Å². The molecule has 29 heavy (non-hydrogen) atoms. The van der Waals surface area contributed by atoms with Crippen molar-refractivity contribution in [1.29, 1.82) is 0 Å². The standard InChI is InChI=1S/C24H20N2O3/c1-17-11-13-18(14-12-17)22(27)25(19-7-3-2-4-8-19)15-16-26-23(28)20-9-5-6-10-21(20)24(26)29/h2-14H,15-16H2,1H3. The van der Waals surface area contributed by atoms with E-state index in [1.165, 1.54) is 4.90 Å². The van der Waals surface area contributed by atoms with E-state index in [-0.39, 0.29) is 30.8 Å². The zero-order chi connectivity index (χ0) is 20.4. The molecule has 0 aliphatic carbocycles. The van der Waals surface area contributed by atoms with Gasteiger partial charge in [0.05, 0.1) is 11.1 Å². The van der Waals surface area contributed by atoms with Crippen LogP contribution in [0.4, 0.5) is 5.69 Å². The van der Waals surface area contributed by atoms with Crippen LogP contribution < -0.4 is 4.90 Å². The number of rotatable bonds is 5. The number of aryl methyl sites for hydroxylation is 1. The summed E-state index contributed by atoms with van der Waals surface area (Å²) in [6.07, 6.45) is 0. The Labute approximate surface area is 169 Å². The maximum Gasteiger partial charge on any atom is 0.261 e. The van der Waals surface area contributed by atoms with Gasteiger partial charge in [0, 0.05) is 24.3 Å². The first-order valence-electron chi connectivity index (χ1n) is 9.45. The average Bonchev–Trinajstić information content (AvgIpc) is 3.00. The van der Waals surface area contributed by atoms with Gasteiger partial charge in [0.2, 0.25) is 0 Å². The van der Waals surface area contributed by atoms with Crippen molar-refractivity contribution in [3.05, 3.63) is 101 Å². The van der Waals surface area contributed by atoms with E-state index >= 15 is 0 Å². The van der Waals surface area contributed by atoms with Gasteiger partial charge in [-0.1, -0.05) is 48.0 Å². The third-order valence-electron chi connectivity index (χ3n) is 5.04. The molecule has 4 rings (SSSR count). The second-order valence-corrected chi connectivity index (χ2v) is 6.97. The Bertz CT molecular complexity index is 1040. The molecule has 5 heteroatoms. The number of carbonyl (C=O) groups excluding carboxylic acids is 3. The molecule has 0 aromatic heterocycles. The molecule has 144 valence electrons. The van der Waals surface area contributed by atoms with Crippen molar-refractivity contribution in [1.82, 2.24) is 4.90 Å². The Morgan fingerprint density at radius 1 is 0.793 bits per heavy atom. The van der Waals surface area contributed by atoms with Gasteiger partial charge in [-0.15, -0.1) is 0 Å². The van der Waals surface area contributed by atoms with Gasteiger partial charge in [-0.3, -0.25) is 19.3 Å². The molecule has 3 aromatic rings. The number of amides is 3. The van der Waals surface area contributed by atoms with Gasteiger partial charge in [-0.25, -0.2) is 0 Å². The van der Waals surface area contributed by atoms with Gasteiger partial charge in [-0.05, 0) is 43.3 Å². The summed E-state index contributed by atoms with van der Waals surface area (Å²) in [5, 5.41) is 0. The molecule has 0 bridgehead atoms. The molecular weight excluding hydrogens is 364 g/mol. The van der Waals surface area contributed by atoms with Crippen LogP contribution >= 0.6 is 0 Å². The van der Waals surface area contributed by atoms with Crippen LogP contribution in [0.15, 0.2) is 78.9 Å². The number of anilines is 1. The van der Waals surface area contributed by atoms with E-state index in [1.807, 2.05) is 49.4 Å². The number of hydrogen-bond donors (Lipinski definition) is 0. The summed E-state index contributed by atoms with van der Waals surface area (Å²) in [6.45, 7) is 2.30. The van der Waals surface area contributed by atoms with Crippen LogP contribution in [0.1, 0.15) is 36.6 Å². The van der Waals surface area contributed by atoms with Gasteiger partial charge in [0.1, 0.15) is 0 Å². The van der Waals surface area contributed by atoms with E-state index in [0.717, 1.165) is 11.3 Å². The molecule has 0 saturated heterocycles. The topological polar surface area (TPSA) is 57.7 Å². The molecule has 0 spiro atoms. The second-order valence-electron chi connectivity index (χ2n) is 6.97. The maximum atomic E-state index is 13.2. The smallest absolute Gasteiger partial charge is 0.261 e. The van der Waals surface area contributed by atoms with Crippen LogP contribution in [0.25, 0.3) is 0 Å². The summed E-state index contributed by atoms with van der Waals surface area (Å²) in [6, 6.07) is 23.4. The number of imide groups is 1. The minimum absolute atomic E-state index is 0.124. The number of carbonyl (C=O) groups is 3. The third kappa shape index (κ3) is 3.55. The number of hydrogen-bond acceptors (Lipinski definition) is 3. The highest BCUT2D eigenvalue weighted by Crippen LogP contribution is 2.23. The Morgan fingerprint density at radius 3 is 1.93 bits per heavy atom. The number of para-hydroxylation sites is 1. The predicted octanol–water partition coefficient (Wildman–Crippen LogP) is 3.94. The molecule has 1 aliphatic heterocycles. The van der Waals surface area contributed by atoms with Gasteiger partial charge in [0.15, 0.2) is 0 Å². The van der Waals surface area contributed by atoms with Crippen LogP contribution in [0.3, 0.4) is 0 Å². The van der Waals surface area contributed by atoms with Crippen LogP contribution in [0.2, 0.25) is 0 Å². The summed E-state index contributed by atoms with van der Waals surface area (Å²) >= 11 is 0. The first-order chi connectivity index (χ1) is 14.1. The Hall–Kier alpha value is -3.73. The molecule has 0 atom stereocenters. The highest BCUT2D eigenvalue weighted by Gasteiger charge is 2.35. The molecule has 1 heterocycles. The van der Waals surface area contributed by atoms with Crippen molar-refractivity contribution in [2.75, 3.05) is 18.0 Å². The summed E-state index contributed by atoms with van der Waals surface area (Å²) in [5.74, 6) is -0.810. The van der Waals surface area contributed by atoms with Crippen LogP contribution in [-0.2, 0) is 0 Å². The van der Waals surface area contributed by atoms with Crippen molar-refractivity contribution < 1.29 is 14.4 Å². The fourth-order valence-corrected chi connectivity index (χ4v) is 3.45. The second kappa shape index (κ2) is 7.72. The molecule has 3 aromatic carbocycles. The normalized spacial score (nSPS) is 12.8. The van der Waals surface area contributed by atoms with E-state index in [4.69, 9.17) is 0 Å². The highest BCUT2D eigenvalue weighted by atomic mass is 16.2. The molecular formula is C24H20N2O3. The third-order valence-corrected chi connectivity index (χ3v) is 5.04. The van der Waals surface area contributed by atoms with Crippen LogP contribution in [0.5, 0.6) is 0 Å². The quantitative estimate of drug-likeness (QED) is 0.626. The molecule has 0 N–H and O–H groups in total. The summed E-state index contributed by atoms with van der Waals surface area (Å²) in [4.78, 5) is 41.3. The fourth-order valence-electron chi connectivity index (χ4n) is 3.45. The van der Waals surface area contributed by atoms with Gasteiger partial charge in [-0.2, -0.15) is 0 Å². The van der Waals surface area contributed by atoms with Gasteiger partial charge < -0.3 is 4.90 Å². The van der Waals surface area contributed by atoms with E-state index in [1.54, 1.807) is 41.3 Å². The average molecular weight is 384 g/mol. The zero-order valence-electron chi connectivity index (χ0n) is 16.0. The summed E-state index contributed by atoms with van der Waals surface area (Å²) in [5.41, 5.74) is 3.16. The highest BCUT2D eigenvalue weighted by molar-refractivity contribution is 6.21. The predicted molar refractivity (Wildman–Crippen MR) is 111 cm³/mol. The Morgan fingerprint density at radius 2 is 1.34 bits per heavy atom. The van der Waals surface area contributed by atoms with Gasteiger partial charge in [0.25, 0.3) is 17.7 Å². The molecule has 0 fully saturated rings. The Balaban J connectivity index is 1.59. The van der Waals surface area contributed by atoms with Crippen LogP contribution in [0, 0.1) is 6.92 Å². The number of nitrogens with zero attached hydrogens (tertiary/aromatic N) is 2. The summed E-state index contributed by atoms with van der Waals surface area (Å²) in [7, 11) is 0. The molecule has 0 saturated carbocycles. The van der Waals surface area contributed by atoms with Gasteiger partial charge >= 0.3 is 0 Å². The van der Waals surface area contributed by atoms with Crippen molar-refractivity contribution in [2.45, 2.75) is 6.92 Å². The van der Waals surface area contributed by atoms with Crippen LogP contribution in [-0.4, -0.2) is 35.7 Å². The van der Waals surface area contributed by atoms with Crippen molar-refractivity contribution in [3.63, 3.8) is 0 Å². The lowest BCUT2D eigenvalue weighted by Crippen LogP contribution is -2.41. The number of fused-ring (bicyclic) bond motifs is 1. The number of benzene rings is 3. The maximum absolute atomic E-state index is 13.2. The lowest BCUT2D eigenvalue weighted by molar-refractivity contribution is 0.0654. The molecule has 0 radical (unpaired) electrons. The molecule has 1 aliphatic rings. The SMILES string of the molecule is Cc1ccc(C(=O)N(CCN2C(=O)c3ccccc3C2=O)c2ccccc2)cc1. The Kier molecular flexibility index (Phi) is 4.96. The summed E-state index contributed by atoms with van der Waals surface area (Å²) < 4.78 is 0. The molecule has 0 unspecified atom stereocenters. The largest absolute Gasteiger partial charge is 0.307 e. The lowest BCUT2D eigenvalue weighted by Gasteiger charge is -2.25. The molecule has 3 amide bonds. The minimum atomic E-state index is -0.318. The van der Waals surface area contributed by atoms with E-state index in [0.29, 0.717) is 16.7 Å². The van der Waals surface area contributed by atoms with E-state index in [2.05, 4.69) is 0 Å². The van der Waals surface area contributed by atoms with E-state index in [9.17, 15) is 14.4 Å². The minimum Gasteiger partial charge on any atom is -0.307 e.